The van der Waals surface area contributed by atoms with Gasteiger partial charge >= 0.3 is 0 Å². The highest BCUT2D eigenvalue weighted by Crippen LogP contribution is 2.19. The zero-order valence-corrected chi connectivity index (χ0v) is 48.0. The molecule has 6 nitrogen and oxygen atoms in total. The molecule has 0 saturated heterocycles. The van der Waals surface area contributed by atoms with Crippen molar-refractivity contribution >= 4 is 5.91 Å². The van der Waals surface area contributed by atoms with E-state index in [1.54, 1.807) is 0 Å². The lowest BCUT2D eigenvalue weighted by molar-refractivity contribution is -0.132. The first-order chi connectivity index (χ1) is 35.0. The summed E-state index contributed by atoms with van der Waals surface area (Å²) in [5.41, 5.74) is 0. The molecule has 0 fully saturated rings. The number of aliphatic hydroxyl groups is 4. The van der Waals surface area contributed by atoms with E-state index in [9.17, 15) is 25.2 Å². The van der Waals surface area contributed by atoms with E-state index in [1.807, 2.05) is 0 Å². The van der Waals surface area contributed by atoms with E-state index in [0.29, 0.717) is 19.3 Å². The Labute approximate surface area is 444 Å². The number of carbonyl (C=O) groups is 1. The van der Waals surface area contributed by atoms with Gasteiger partial charge in [-0.3, -0.25) is 4.79 Å². The first-order valence-electron chi connectivity index (χ1n) is 32.2. The van der Waals surface area contributed by atoms with Crippen LogP contribution >= 0.6 is 0 Å². The third-order valence-corrected chi connectivity index (χ3v) is 15.4. The van der Waals surface area contributed by atoms with Crippen molar-refractivity contribution in [3.63, 3.8) is 0 Å². The predicted molar refractivity (Wildman–Crippen MR) is 311 cm³/mol. The Balaban J connectivity index is 3.59. The van der Waals surface area contributed by atoms with Crippen molar-refractivity contribution in [2.75, 3.05) is 6.61 Å². The van der Waals surface area contributed by atoms with Gasteiger partial charge in [0.15, 0.2) is 0 Å². The molecule has 0 rings (SSSR count). The third-order valence-electron chi connectivity index (χ3n) is 15.4. The van der Waals surface area contributed by atoms with Crippen LogP contribution in [0.2, 0.25) is 0 Å². The van der Waals surface area contributed by atoms with E-state index in [2.05, 4.69) is 43.5 Å². The number of unbranched alkanes of at least 4 members (excludes halogenated alkanes) is 47. The van der Waals surface area contributed by atoms with Crippen LogP contribution in [0.25, 0.3) is 0 Å². The van der Waals surface area contributed by atoms with Crippen molar-refractivity contribution in [3.8, 4) is 0 Å². The first kappa shape index (κ1) is 69.8. The molecule has 1 amide bonds. The Morgan fingerprint density at radius 3 is 0.887 bits per heavy atom. The summed E-state index contributed by atoms with van der Waals surface area (Å²) in [6, 6.07) is -1.01. The van der Waals surface area contributed by atoms with Crippen LogP contribution in [0.15, 0.2) is 24.3 Å². The average Bonchev–Trinajstić information content (AvgIpc) is 3.38. The average molecular weight is 1000 g/mol. The number of nitrogens with one attached hydrogen (secondary N) is 1. The maximum atomic E-state index is 12.6. The Hall–Kier alpha value is -1.21. The molecule has 0 radical (unpaired) electrons. The molecule has 0 aromatic carbocycles. The molecule has 0 aromatic rings. The van der Waals surface area contributed by atoms with Gasteiger partial charge < -0.3 is 25.7 Å². The lowest BCUT2D eigenvalue weighted by Crippen LogP contribution is -2.53. The van der Waals surface area contributed by atoms with Gasteiger partial charge in [-0.05, 0) is 51.4 Å². The highest BCUT2D eigenvalue weighted by Gasteiger charge is 2.28. The minimum Gasteiger partial charge on any atom is -0.394 e. The van der Waals surface area contributed by atoms with Gasteiger partial charge in [-0.2, -0.15) is 0 Å². The van der Waals surface area contributed by atoms with Crippen molar-refractivity contribution in [2.45, 2.75) is 379 Å². The molecule has 0 aliphatic carbocycles. The minimum absolute atomic E-state index is 0.365. The fourth-order valence-electron chi connectivity index (χ4n) is 10.4. The lowest BCUT2D eigenvalue weighted by Gasteiger charge is -2.27. The summed E-state index contributed by atoms with van der Waals surface area (Å²) in [6.07, 6.45) is 74.3. The topological polar surface area (TPSA) is 110 Å². The Morgan fingerprint density at radius 1 is 0.338 bits per heavy atom. The second-order valence-electron chi connectivity index (χ2n) is 22.5. The van der Waals surface area contributed by atoms with E-state index >= 15 is 0 Å². The first-order valence-corrected chi connectivity index (χ1v) is 32.2. The molecule has 0 aliphatic rings. The molecule has 0 spiro atoms. The van der Waals surface area contributed by atoms with Crippen LogP contribution < -0.4 is 5.32 Å². The standard InChI is InChI=1S/C65H127NO5/c1-3-5-7-9-11-13-15-17-19-21-23-25-27-29-30-31-32-33-34-35-37-39-41-43-45-47-49-51-53-55-57-59-63(69)65(71)66-61(60-67)64(70)62(68)58-56-54-52-50-48-46-44-42-40-38-36-28-26-24-22-20-18-16-14-12-10-8-6-4-2/h42,44,50,52,61-64,67-70H,3-41,43,45-49,51,53-60H2,1-2H3,(H,66,71)/b44-42+,52-50+. The van der Waals surface area contributed by atoms with Crippen LogP contribution in [0.4, 0.5) is 0 Å². The molecular weight excluding hydrogens is 875 g/mol. The van der Waals surface area contributed by atoms with Crippen molar-refractivity contribution in [2.24, 2.45) is 0 Å². The van der Waals surface area contributed by atoms with E-state index < -0.39 is 36.9 Å². The number of hydrogen-bond donors (Lipinski definition) is 5. The molecule has 0 heterocycles. The highest BCUT2D eigenvalue weighted by atomic mass is 16.3. The zero-order valence-electron chi connectivity index (χ0n) is 48.0. The molecule has 6 heteroatoms. The van der Waals surface area contributed by atoms with E-state index in [0.717, 1.165) is 38.5 Å². The molecule has 71 heavy (non-hydrogen) atoms. The lowest BCUT2D eigenvalue weighted by atomic mass is 10.00. The van der Waals surface area contributed by atoms with Crippen LogP contribution in [-0.2, 0) is 4.79 Å². The van der Waals surface area contributed by atoms with Crippen molar-refractivity contribution in [3.05, 3.63) is 24.3 Å². The second kappa shape index (κ2) is 59.7. The smallest absolute Gasteiger partial charge is 0.249 e. The molecule has 0 bridgehead atoms. The molecule has 5 N–H and O–H groups in total. The number of allylic oxidation sites excluding steroid dienone is 4. The molecule has 0 aromatic heterocycles. The largest absolute Gasteiger partial charge is 0.394 e. The molecular formula is C65H127NO5. The summed E-state index contributed by atoms with van der Waals surface area (Å²) < 4.78 is 0. The summed E-state index contributed by atoms with van der Waals surface area (Å²) in [5, 5.41) is 44.1. The molecule has 0 aliphatic heterocycles. The van der Waals surface area contributed by atoms with Gasteiger partial charge in [0.1, 0.15) is 12.2 Å². The van der Waals surface area contributed by atoms with Gasteiger partial charge in [-0.1, -0.05) is 327 Å². The number of amides is 1. The molecule has 4 unspecified atom stereocenters. The summed E-state index contributed by atoms with van der Waals surface area (Å²) >= 11 is 0. The number of hydrogen-bond acceptors (Lipinski definition) is 5. The van der Waals surface area contributed by atoms with Crippen LogP contribution in [0, 0.1) is 0 Å². The van der Waals surface area contributed by atoms with Gasteiger partial charge in [0.2, 0.25) is 5.91 Å². The maximum Gasteiger partial charge on any atom is 0.249 e. The molecule has 422 valence electrons. The van der Waals surface area contributed by atoms with Crippen LogP contribution in [0.5, 0.6) is 0 Å². The summed E-state index contributed by atoms with van der Waals surface area (Å²) in [5.74, 6) is -0.590. The monoisotopic (exact) mass is 1000 g/mol. The summed E-state index contributed by atoms with van der Waals surface area (Å²) in [4.78, 5) is 12.6. The molecule has 0 saturated carbocycles. The second-order valence-corrected chi connectivity index (χ2v) is 22.5. The highest BCUT2D eigenvalue weighted by molar-refractivity contribution is 5.80. The van der Waals surface area contributed by atoms with Gasteiger partial charge in [0, 0.05) is 0 Å². The fourth-order valence-corrected chi connectivity index (χ4v) is 10.4. The van der Waals surface area contributed by atoms with Crippen molar-refractivity contribution in [1.29, 1.82) is 0 Å². The van der Waals surface area contributed by atoms with E-state index in [4.69, 9.17) is 0 Å². The van der Waals surface area contributed by atoms with Crippen molar-refractivity contribution in [1.82, 2.24) is 5.32 Å². The van der Waals surface area contributed by atoms with E-state index in [-0.39, 0.29) is 0 Å². The Kier molecular flexibility index (Phi) is 58.6. The summed E-state index contributed by atoms with van der Waals surface area (Å²) in [7, 11) is 0. The van der Waals surface area contributed by atoms with Gasteiger partial charge in [0.25, 0.3) is 0 Å². The van der Waals surface area contributed by atoms with Crippen LogP contribution in [0.3, 0.4) is 0 Å². The Bertz CT molecular complexity index is 1080. The van der Waals surface area contributed by atoms with Gasteiger partial charge in [-0.25, -0.2) is 0 Å². The SMILES string of the molecule is CCCCCCCCCCCCCCCCC/C=C/CC/C=C/CCCC(O)C(O)C(CO)NC(=O)C(O)CCCCCCCCCCCCCCCCCCCCCCCCCCCCCCCCC. The summed E-state index contributed by atoms with van der Waals surface area (Å²) in [6.45, 7) is 4.09. The quantitative estimate of drug-likeness (QED) is 0.0308. The maximum absolute atomic E-state index is 12.6. The number of rotatable bonds is 60. The van der Waals surface area contributed by atoms with Gasteiger partial charge in [0.05, 0.1) is 18.8 Å². The van der Waals surface area contributed by atoms with Gasteiger partial charge in [-0.15, -0.1) is 0 Å². The normalized spacial score (nSPS) is 13.7. The fraction of sp³-hybridized carbons (Fsp3) is 0.923. The van der Waals surface area contributed by atoms with Crippen molar-refractivity contribution < 1.29 is 25.2 Å². The predicted octanol–water partition coefficient (Wildman–Crippen LogP) is 19.4. The number of aliphatic hydroxyl groups excluding tert-OH is 4. The third kappa shape index (κ3) is 53.4. The van der Waals surface area contributed by atoms with E-state index in [1.165, 1.54) is 283 Å². The van der Waals surface area contributed by atoms with Crippen LogP contribution in [-0.4, -0.2) is 57.3 Å². The zero-order chi connectivity index (χ0) is 51.6. The van der Waals surface area contributed by atoms with Crippen LogP contribution in [0.1, 0.15) is 354 Å². The molecule has 4 atom stereocenters. The number of carbonyl (C=O) groups excluding carboxylic acids is 1. The Morgan fingerprint density at radius 2 is 0.592 bits per heavy atom. The minimum atomic E-state index is -1.29.